The van der Waals surface area contributed by atoms with Gasteiger partial charge in [-0.25, -0.2) is 4.79 Å². The molecule has 1 atom stereocenters. The van der Waals surface area contributed by atoms with Crippen molar-refractivity contribution in [2.75, 3.05) is 26.2 Å². The number of aliphatic carboxylic acids is 1. The molecule has 0 heterocycles. The summed E-state index contributed by atoms with van der Waals surface area (Å²) in [5.74, 6) is -2.95. The summed E-state index contributed by atoms with van der Waals surface area (Å²) in [7, 11) is 0. The Balaban J connectivity index is 0.000000905. The highest BCUT2D eigenvalue weighted by atomic mass is 19.4. The highest BCUT2D eigenvalue weighted by Crippen LogP contribution is 2.14. The minimum atomic E-state index is -5.08. The first-order valence-corrected chi connectivity index (χ1v) is 12.4. The molecule has 210 valence electrons. The normalized spacial score (nSPS) is 11.6. The van der Waals surface area contributed by atoms with E-state index in [2.05, 4.69) is 17.4 Å². The van der Waals surface area contributed by atoms with Crippen LogP contribution in [0.1, 0.15) is 36.8 Å². The lowest BCUT2D eigenvalue weighted by Crippen LogP contribution is -2.51. The predicted molar refractivity (Wildman–Crippen MR) is 139 cm³/mol. The van der Waals surface area contributed by atoms with Crippen molar-refractivity contribution in [1.29, 1.82) is 0 Å². The van der Waals surface area contributed by atoms with Gasteiger partial charge < -0.3 is 26.8 Å². The zero-order valence-electron chi connectivity index (χ0n) is 21.3. The van der Waals surface area contributed by atoms with Crippen LogP contribution in [0.2, 0.25) is 0 Å². The Morgan fingerprint density at radius 2 is 1.39 bits per heavy atom. The van der Waals surface area contributed by atoms with Gasteiger partial charge in [0.15, 0.2) is 0 Å². The van der Waals surface area contributed by atoms with Crippen LogP contribution in [0.25, 0.3) is 0 Å². The van der Waals surface area contributed by atoms with E-state index in [0.29, 0.717) is 38.9 Å². The van der Waals surface area contributed by atoms with Crippen LogP contribution >= 0.6 is 0 Å². The van der Waals surface area contributed by atoms with Gasteiger partial charge in [-0.1, -0.05) is 60.7 Å². The summed E-state index contributed by atoms with van der Waals surface area (Å²) in [4.78, 5) is 36.5. The lowest BCUT2D eigenvalue weighted by Gasteiger charge is -2.31. The number of hydrogen-bond donors (Lipinski definition) is 4. The summed E-state index contributed by atoms with van der Waals surface area (Å²) >= 11 is 0. The van der Waals surface area contributed by atoms with E-state index in [0.717, 1.165) is 18.4 Å². The molecule has 2 aromatic rings. The number of nitrogens with one attached hydrogen (secondary N) is 1. The number of rotatable bonds is 14. The van der Waals surface area contributed by atoms with Crippen LogP contribution in [0.3, 0.4) is 0 Å². The Bertz CT molecular complexity index is 960. The van der Waals surface area contributed by atoms with Crippen molar-refractivity contribution < 1.29 is 32.7 Å². The van der Waals surface area contributed by atoms with Crippen molar-refractivity contribution in [2.24, 2.45) is 11.5 Å². The summed E-state index contributed by atoms with van der Waals surface area (Å²) in [5.41, 5.74) is 13.7. The molecule has 2 rings (SSSR count). The first-order valence-electron chi connectivity index (χ1n) is 12.4. The van der Waals surface area contributed by atoms with Crippen LogP contribution in [0.15, 0.2) is 60.7 Å². The van der Waals surface area contributed by atoms with Crippen molar-refractivity contribution in [3.63, 3.8) is 0 Å². The van der Waals surface area contributed by atoms with Gasteiger partial charge in [-0.3, -0.25) is 9.59 Å². The van der Waals surface area contributed by atoms with Crippen LogP contribution < -0.4 is 16.8 Å². The number of carbonyl (C=O) groups is 3. The molecule has 0 radical (unpaired) electrons. The second-order valence-electron chi connectivity index (χ2n) is 8.49. The molecule has 0 aromatic heterocycles. The fourth-order valence-electron chi connectivity index (χ4n) is 3.62. The summed E-state index contributed by atoms with van der Waals surface area (Å²) in [6.07, 6.45) is -1.18. The Kier molecular flexibility index (Phi) is 15.4. The summed E-state index contributed by atoms with van der Waals surface area (Å²) in [5, 5.41) is 10.2. The largest absolute Gasteiger partial charge is 0.490 e. The number of nitrogens with two attached hydrogens (primary N) is 2. The number of carbonyl (C=O) groups excluding carboxylic acids is 2. The molecule has 11 heteroatoms. The van der Waals surface area contributed by atoms with Gasteiger partial charge in [-0.05, 0) is 49.8 Å². The molecule has 0 bridgehead atoms. The zero-order valence-corrected chi connectivity index (χ0v) is 21.3. The molecule has 0 aliphatic rings. The molecule has 2 aromatic carbocycles. The minimum Gasteiger partial charge on any atom is -0.475 e. The molecule has 0 saturated heterocycles. The molecule has 0 fully saturated rings. The average molecular weight is 539 g/mol. The fraction of sp³-hybridized carbons (Fsp3) is 0.444. The van der Waals surface area contributed by atoms with Gasteiger partial charge in [0.2, 0.25) is 11.8 Å². The summed E-state index contributed by atoms with van der Waals surface area (Å²) < 4.78 is 31.7. The van der Waals surface area contributed by atoms with Gasteiger partial charge in [0.05, 0.1) is 0 Å². The molecule has 38 heavy (non-hydrogen) atoms. The van der Waals surface area contributed by atoms with Crippen LogP contribution in [0.5, 0.6) is 0 Å². The molecule has 0 spiro atoms. The van der Waals surface area contributed by atoms with E-state index < -0.39 is 18.2 Å². The Morgan fingerprint density at radius 1 is 0.868 bits per heavy atom. The number of hydrogen-bond acceptors (Lipinski definition) is 5. The topological polar surface area (TPSA) is 139 Å². The molecule has 2 amide bonds. The quantitative estimate of drug-likeness (QED) is 0.273. The third kappa shape index (κ3) is 13.2. The monoisotopic (exact) mass is 538 g/mol. The standard InChI is InChI=1S/C25H36N4O2.C2HF3O2/c26-17-7-14-23(25(31)28-19-8-13-21-9-3-1-4-10-21)29(24(30)15-18-27)20-16-22-11-5-2-6-12-22;3-2(4,5)1(6)7/h1-6,9-12,23H,7-8,13-20,26-27H2,(H,28,31);(H,6,7)/t23-;/m0./s1. The first-order chi connectivity index (χ1) is 18.1. The maximum absolute atomic E-state index is 13.0. The lowest BCUT2D eigenvalue weighted by molar-refractivity contribution is -0.192. The van der Waals surface area contributed by atoms with E-state index in [9.17, 15) is 22.8 Å². The summed E-state index contributed by atoms with van der Waals surface area (Å²) in [6, 6.07) is 19.7. The van der Waals surface area contributed by atoms with Crippen molar-refractivity contribution in [3.8, 4) is 0 Å². The molecule has 0 aliphatic carbocycles. The molecule has 8 nitrogen and oxygen atoms in total. The molecule has 0 aliphatic heterocycles. The van der Waals surface area contributed by atoms with Gasteiger partial charge in [-0.2, -0.15) is 13.2 Å². The van der Waals surface area contributed by atoms with E-state index in [1.54, 1.807) is 4.90 Å². The number of aryl methyl sites for hydroxylation is 1. The first kappa shape index (κ1) is 32.6. The number of amides is 2. The SMILES string of the molecule is NCCC[C@@H](C(=O)NCCCc1ccccc1)N(CCc1ccccc1)C(=O)CCN.O=C(O)C(F)(F)F. The Morgan fingerprint density at radius 3 is 1.87 bits per heavy atom. The van der Waals surface area contributed by atoms with Crippen molar-refractivity contribution in [1.82, 2.24) is 10.2 Å². The number of carboxylic acid groups (broad SMARTS) is 1. The molecule has 0 unspecified atom stereocenters. The zero-order chi connectivity index (χ0) is 28.4. The van der Waals surface area contributed by atoms with E-state index >= 15 is 0 Å². The molecule has 0 saturated carbocycles. The third-order valence-electron chi connectivity index (χ3n) is 5.55. The number of benzene rings is 2. The van der Waals surface area contributed by atoms with E-state index in [4.69, 9.17) is 21.4 Å². The van der Waals surface area contributed by atoms with Crippen molar-refractivity contribution >= 4 is 17.8 Å². The van der Waals surface area contributed by atoms with Crippen molar-refractivity contribution in [3.05, 3.63) is 71.8 Å². The van der Waals surface area contributed by atoms with E-state index in [-0.39, 0.29) is 24.8 Å². The van der Waals surface area contributed by atoms with E-state index in [1.165, 1.54) is 5.56 Å². The Labute approximate surface area is 221 Å². The molecule has 6 N–H and O–H groups in total. The third-order valence-corrected chi connectivity index (χ3v) is 5.55. The Hall–Kier alpha value is -3.44. The highest BCUT2D eigenvalue weighted by Gasteiger charge is 2.38. The predicted octanol–water partition coefficient (Wildman–Crippen LogP) is 2.90. The highest BCUT2D eigenvalue weighted by molar-refractivity contribution is 5.87. The maximum Gasteiger partial charge on any atom is 0.490 e. The number of nitrogens with zero attached hydrogens (tertiary/aromatic N) is 1. The average Bonchev–Trinajstić information content (AvgIpc) is 2.89. The van der Waals surface area contributed by atoms with Gasteiger partial charge in [-0.15, -0.1) is 0 Å². The van der Waals surface area contributed by atoms with Gasteiger partial charge in [0.1, 0.15) is 6.04 Å². The minimum absolute atomic E-state index is 0.0834. The van der Waals surface area contributed by atoms with Crippen LogP contribution in [0.4, 0.5) is 13.2 Å². The second kappa shape index (κ2) is 17.9. The number of halogens is 3. The number of alkyl halides is 3. The van der Waals surface area contributed by atoms with Crippen molar-refractivity contribution in [2.45, 2.75) is 50.7 Å². The van der Waals surface area contributed by atoms with Gasteiger partial charge >= 0.3 is 12.1 Å². The smallest absolute Gasteiger partial charge is 0.475 e. The van der Waals surface area contributed by atoms with Gasteiger partial charge in [0.25, 0.3) is 0 Å². The number of carboxylic acids is 1. The van der Waals surface area contributed by atoms with Gasteiger partial charge in [0, 0.05) is 26.1 Å². The maximum atomic E-state index is 13.0. The second-order valence-corrected chi connectivity index (χ2v) is 8.49. The lowest BCUT2D eigenvalue weighted by atomic mass is 10.1. The van der Waals surface area contributed by atoms with Crippen LogP contribution in [-0.4, -0.2) is 66.2 Å². The van der Waals surface area contributed by atoms with E-state index in [1.807, 2.05) is 48.5 Å². The van der Waals surface area contributed by atoms with Crippen LogP contribution in [0, 0.1) is 0 Å². The fourth-order valence-corrected chi connectivity index (χ4v) is 3.62. The molecular formula is C27H37F3N4O4. The van der Waals surface area contributed by atoms with Crippen LogP contribution in [-0.2, 0) is 27.2 Å². The molecular weight excluding hydrogens is 501 g/mol. The summed E-state index contributed by atoms with van der Waals surface area (Å²) in [6.45, 7) is 1.80.